The van der Waals surface area contributed by atoms with E-state index in [1.54, 1.807) is 66.1 Å². The Morgan fingerprint density at radius 2 is 1.47 bits per heavy atom. The molecule has 1 rings (SSSR count). The summed E-state index contributed by atoms with van der Waals surface area (Å²) in [6, 6.07) is -0.840. The molecule has 0 saturated heterocycles. The van der Waals surface area contributed by atoms with Crippen LogP contribution in [0.4, 0.5) is 4.79 Å². The molecular formula is C31H50N6O10. The topological polar surface area (TPSA) is 234 Å². The van der Waals surface area contributed by atoms with E-state index in [0.717, 1.165) is 5.56 Å². The predicted octanol–water partition coefficient (Wildman–Crippen LogP) is 1.43. The number of carbonyl (C=O) groups is 6. The molecule has 1 aromatic rings. The van der Waals surface area contributed by atoms with Gasteiger partial charge in [0.1, 0.15) is 35.4 Å². The molecule has 0 bridgehead atoms. The minimum Gasteiger partial charge on any atom is -0.481 e. The zero-order chi connectivity index (χ0) is 35.8. The van der Waals surface area contributed by atoms with Gasteiger partial charge < -0.3 is 35.6 Å². The number of carbonyl (C=O) groups excluding carboxylic acids is 4. The van der Waals surface area contributed by atoms with E-state index in [4.69, 9.17) is 14.6 Å². The van der Waals surface area contributed by atoms with Gasteiger partial charge in [-0.1, -0.05) is 6.07 Å². The van der Waals surface area contributed by atoms with Crippen LogP contribution in [0.15, 0.2) is 24.5 Å². The number of carboxylic acid groups (broad SMARTS) is 2. The summed E-state index contributed by atoms with van der Waals surface area (Å²) in [5, 5.41) is 26.1. The van der Waals surface area contributed by atoms with Gasteiger partial charge in [-0.05, 0) is 92.2 Å². The SMILES string of the molecule is C[C@H](NC(=O)OC(C)(C)C)C(=O)N[C@@H](CCCCNN[C@@H](Cc1cccnc1)C(=O)N[C@@H](CCC(=O)O)C(=O)OC(C)(C)C)C(=O)O. The van der Waals surface area contributed by atoms with Crippen molar-refractivity contribution in [3.05, 3.63) is 30.1 Å². The second kappa shape index (κ2) is 19.4. The summed E-state index contributed by atoms with van der Waals surface area (Å²) in [6.07, 6.45) is 2.95. The van der Waals surface area contributed by atoms with Crippen molar-refractivity contribution in [2.75, 3.05) is 6.54 Å². The number of esters is 1. The highest BCUT2D eigenvalue weighted by molar-refractivity contribution is 5.89. The summed E-state index contributed by atoms with van der Waals surface area (Å²) in [4.78, 5) is 77.5. The van der Waals surface area contributed by atoms with Gasteiger partial charge in [-0.3, -0.25) is 24.8 Å². The van der Waals surface area contributed by atoms with Crippen LogP contribution in [0, 0.1) is 0 Å². The Balaban J connectivity index is 2.75. The van der Waals surface area contributed by atoms with Crippen molar-refractivity contribution in [3.63, 3.8) is 0 Å². The summed E-state index contributed by atoms with van der Waals surface area (Å²) in [5.74, 6) is -4.37. The summed E-state index contributed by atoms with van der Waals surface area (Å²) in [7, 11) is 0. The number of nitrogens with zero attached hydrogens (tertiary/aromatic N) is 1. The number of pyridine rings is 1. The molecule has 0 unspecified atom stereocenters. The van der Waals surface area contributed by atoms with E-state index in [2.05, 4.69) is 31.8 Å². The van der Waals surface area contributed by atoms with Crippen LogP contribution < -0.4 is 26.8 Å². The smallest absolute Gasteiger partial charge is 0.408 e. The molecule has 0 aliphatic rings. The fraction of sp³-hybridized carbons (Fsp3) is 0.645. The third-order valence-electron chi connectivity index (χ3n) is 6.20. The highest BCUT2D eigenvalue weighted by Gasteiger charge is 2.30. The van der Waals surface area contributed by atoms with Gasteiger partial charge in [-0.25, -0.2) is 19.8 Å². The summed E-state index contributed by atoms with van der Waals surface area (Å²) in [5.41, 5.74) is 4.97. The fourth-order valence-electron chi connectivity index (χ4n) is 3.99. The van der Waals surface area contributed by atoms with Crippen molar-refractivity contribution in [1.29, 1.82) is 0 Å². The van der Waals surface area contributed by atoms with Crippen molar-refractivity contribution in [2.24, 2.45) is 0 Å². The van der Waals surface area contributed by atoms with Crippen molar-refractivity contribution in [3.8, 4) is 0 Å². The molecule has 16 heteroatoms. The Labute approximate surface area is 275 Å². The molecule has 7 N–H and O–H groups in total. The molecule has 1 heterocycles. The molecule has 264 valence electrons. The van der Waals surface area contributed by atoms with Crippen molar-refractivity contribution < 1.29 is 48.5 Å². The minimum absolute atomic E-state index is 0.0999. The van der Waals surface area contributed by atoms with Crippen molar-refractivity contribution in [1.82, 2.24) is 31.8 Å². The van der Waals surface area contributed by atoms with Gasteiger partial charge in [-0.15, -0.1) is 0 Å². The lowest BCUT2D eigenvalue weighted by molar-refractivity contribution is -0.159. The summed E-state index contributed by atoms with van der Waals surface area (Å²) < 4.78 is 10.5. The molecule has 3 amide bonds. The second-order valence-electron chi connectivity index (χ2n) is 13.0. The fourth-order valence-corrected chi connectivity index (χ4v) is 3.99. The lowest BCUT2D eigenvalue weighted by Gasteiger charge is -2.26. The molecule has 0 aromatic carbocycles. The minimum atomic E-state index is -1.23. The number of alkyl carbamates (subject to hydrolysis) is 1. The maximum atomic E-state index is 13.3. The molecule has 0 aliphatic heterocycles. The Morgan fingerprint density at radius 1 is 0.830 bits per heavy atom. The molecule has 1 aromatic heterocycles. The third kappa shape index (κ3) is 18.4. The van der Waals surface area contributed by atoms with Gasteiger partial charge in [0.2, 0.25) is 11.8 Å². The van der Waals surface area contributed by atoms with E-state index in [-0.39, 0.29) is 25.7 Å². The molecule has 0 aliphatic carbocycles. The van der Waals surface area contributed by atoms with Crippen molar-refractivity contribution >= 4 is 35.8 Å². The average Bonchev–Trinajstić information content (AvgIpc) is 2.93. The van der Waals surface area contributed by atoms with Gasteiger partial charge in [0.25, 0.3) is 0 Å². The number of hydrogen-bond acceptors (Lipinski definition) is 11. The number of unbranched alkanes of at least 4 members (excludes halogenated alkanes) is 1. The zero-order valence-electron chi connectivity index (χ0n) is 28.2. The first kappa shape index (κ1) is 40.7. The number of nitrogens with one attached hydrogen (secondary N) is 5. The van der Waals surface area contributed by atoms with Crippen LogP contribution in [0.1, 0.15) is 86.1 Å². The number of ether oxygens (including phenoxy) is 2. The number of amides is 3. The van der Waals surface area contributed by atoms with Gasteiger partial charge in [-0.2, -0.15) is 0 Å². The van der Waals surface area contributed by atoms with Crippen LogP contribution in [0.3, 0.4) is 0 Å². The average molecular weight is 667 g/mol. The van der Waals surface area contributed by atoms with E-state index < -0.39 is 71.2 Å². The van der Waals surface area contributed by atoms with Gasteiger partial charge in [0, 0.05) is 25.4 Å². The molecule has 4 atom stereocenters. The van der Waals surface area contributed by atoms with Gasteiger partial charge in [0.15, 0.2) is 0 Å². The number of rotatable bonds is 19. The second-order valence-corrected chi connectivity index (χ2v) is 13.0. The summed E-state index contributed by atoms with van der Waals surface area (Å²) >= 11 is 0. The third-order valence-corrected chi connectivity index (χ3v) is 6.20. The standard InChI is InChI=1S/C31H50N6O10/c1-19(34-29(45)47-31(5,6)7)25(40)35-21(27(42)43)12-8-9-16-33-37-23(17-20-11-10-15-32-18-20)26(41)36-22(13-14-24(38)39)28(44)46-30(2,3)4/h10-11,15,18-19,21-23,33,37H,8-9,12-14,16-17H2,1-7H3,(H,34,45)(H,35,40)(H,36,41)(H,38,39)(H,42,43)/t19-,21-,22-,23-/m0/s1. The molecule has 16 nitrogen and oxygen atoms in total. The monoisotopic (exact) mass is 666 g/mol. The maximum Gasteiger partial charge on any atom is 0.408 e. The summed E-state index contributed by atoms with van der Waals surface area (Å²) in [6.45, 7) is 11.7. The lowest BCUT2D eigenvalue weighted by atomic mass is 10.1. The molecule has 0 saturated carbocycles. The molecular weight excluding hydrogens is 616 g/mol. The van der Waals surface area contributed by atoms with Crippen LogP contribution in [0.2, 0.25) is 0 Å². The number of aromatic nitrogens is 1. The first-order valence-electron chi connectivity index (χ1n) is 15.4. The van der Waals surface area contributed by atoms with E-state index in [9.17, 15) is 33.9 Å². The number of hydrogen-bond donors (Lipinski definition) is 7. The number of hydrazine groups is 1. The Morgan fingerprint density at radius 3 is 2.02 bits per heavy atom. The van der Waals surface area contributed by atoms with Crippen molar-refractivity contribution in [2.45, 2.75) is 122 Å². The predicted molar refractivity (Wildman–Crippen MR) is 170 cm³/mol. The largest absolute Gasteiger partial charge is 0.481 e. The Bertz CT molecular complexity index is 1200. The first-order valence-corrected chi connectivity index (χ1v) is 15.4. The Kier molecular flexibility index (Phi) is 16.8. The molecule has 47 heavy (non-hydrogen) atoms. The normalized spacial score (nSPS) is 14.1. The van der Waals surface area contributed by atoms with E-state index in [1.165, 1.54) is 6.92 Å². The van der Waals surface area contributed by atoms with Crippen LogP contribution in [-0.4, -0.2) is 92.9 Å². The van der Waals surface area contributed by atoms with Crippen LogP contribution in [0.5, 0.6) is 0 Å². The highest BCUT2D eigenvalue weighted by Crippen LogP contribution is 2.12. The first-order chi connectivity index (χ1) is 21.8. The lowest BCUT2D eigenvalue weighted by Crippen LogP contribution is -2.55. The number of aliphatic carboxylic acids is 2. The molecule has 0 spiro atoms. The van der Waals surface area contributed by atoms with E-state index in [0.29, 0.717) is 19.4 Å². The van der Waals surface area contributed by atoms with Gasteiger partial charge >= 0.3 is 24.0 Å². The quantitative estimate of drug-likeness (QED) is 0.0630. The van der Waals surface area contributed by atoms with Gasteiger partial charge in [0.05, 0.1) is 0 Å². The van der Waals surface area contributed by atoms with E-state index in [1.807, 2.05) is 0 Å². The Hall–Kier alpha value is -4.31. The van der Waals surface area contributed by atoms with E-state index >= 15 is 0 Å². The van der Waals surface area contributed by atoms with Crippen LogP contribution in [0.25, 0.3) is 0 Å². The maximum absolute atomic E-state index is 13.3. The highest BCUT2D eigenvalue weighted by atomic mass is 16.6. The zero-order valence-corrected chi connectivity index (χ0v) is 28.2. The number of carboxylic acids is 2. The molecule has 0 radical (unpaired) electrons. The van der Waals surface area contributed by atoms with Crippen LogP contribution in [-0.2, 0) is 39.9 Å². The molecule has 0 fully saturated rings. The van der Waals surface area contributed by atoms with Crippen LogP contribution >= 0.6 is 0 Å².